The molecule has 1 aliphatic heterocycles. The minimum atomic E-state index is -0.780. The molecule has 8 heteroatoms. The van der Waals surface area contributed by atoms with Gasteiger partial charge in [0, 0.05) is 38.6 Å². The maximum absolute atomic E-state index is 13.3. The Balaban J connectivity index is 1.33. The molecule has 4 rings (SSSR count). The van der Waals surface area contributed by atoms with Crippen LogP contribution in [0.15, 0.2) is 42.7 Å². The summed E-state index contributed by atoms with van der Waals surface area (Å²) in [6.45, 7) is 2.03. The summed E-state index contributed by atoms with van der Waals surface area (Å²) in [5.74, 6) is -0.283. The van der Waals surface area contributed by atoms with Gasteiger partial charge in [-0.15, -0.1) is 0 Å². The summed E-state index contributed by atoms with van der Waals surface area (Å²) < 4.78 is 18.8. The summed E-state index contributed by atoms with van der Waals surface area (Å²) in [4.78, 5) is 37.8. The van der Waals surface area contributed by atoms with E-state index in [1.165, 1.54) is 12.1 Å². The molecule has 2 aromatic rings. The quantitative estimate of drug-likeness (QED) is 0.702. The van der Waals surface area contributed by atoms with Gasteiger partial charge in [-0.1, -0.05) is 25.0 Å². The first-order valence-electron chi connectivity index (χ1n) is 10.3. The molecule has 2 aliphatic rings. The summed E-state index contributed by atoms with van der Waals surface area (Å²) in [7, 11) is 0. The molecule has 0 radical (unpaired) electrons. The van der Waals surface area contributed by atoms with Gasteiger partial charge >= 0.3 is 5.97 Å². The highest BCUT2D eigenvalue weighted by molar-refractivity contribution is 5.86. The van der Waals surface area contributed by atoms with Crippen molar-refractivity contribution in [2.45, 2.75) is 31.1 Å². The molecule has 1 aromatic heterocycles. The van der Waals surface area contributed by atoms with E-state index < -0.39 is 11.4 Å². The molecule has 7 nitrogen and oxygen atoms in total. The van der Waals surface area contributed by atoms with Gasteiger partial charge in [-0.05, 0) is 36.6 Å². The van der Waals surface area contributed by atoms with Gasteiger partial charge in [-0.2, -0.15) is 0 Å². The summed E-state index contributed by atoms with van der Waals surface area (Å²) in [5, 5.41) is 0. The van der Waals surface area contributed by atoms with Gasteiger partial charge in [0.05, 0.1) is 5.41 Å². The van der Waals surface area contributed by atoms with Gasteiger partial charge in [0.2, 0.25) is 5.95 Å². The zero-order chi connectivity index (χ0) is 21.0. The number of benzene rings is 1. The molecule has 0 unspecified atom stereocenters. The second-order valence-corrected chi connectivity index (χ2v) is 7.79. The highest BCUT2D eigenvalue weighted by Gasteiger charge is 2.44. The molecule has 0 N–H and O–H groups in total. The monoisotopic (exact) mass is 412 g/mol. The largest absolute Gasteiger partial charge is 0.455 e. The molecule has 0 bridgehead atoms. The van der Waals surface area contributed by atoms with Crippen molar-refractivity contribution in [1.29, 1.82) is 0 Å². The lowest BCUT2D eigenvalue weighted by Gasteiger charge is -2.34. The molecule has 1 aliphatic carbocycles. The topological polar surface area (TPSA) is 75.6 Å². The Morgan fingerprint density at radius 3 is 2.27 bits per heavy atom. The Hall–Kier alpha value is -3.03. The Morgan fingerprint density at radius 2 is 1.63 bits per heavy atom. The molecule has 2 heterocycles. The second kappa shape index (κ2) is 8.77. The number of carbonyl (C=O) groups excluding carboxylic acids is 2. The normalized spacial score (nSPS) is 18.3. The van der Waals surface area contributed by atoms with Crippen LogP contribution in [-0.2, 0) is 19.7 Å². The molecule has 2 fully saturated rings. The maximum Gasteiger partial charge on any atom is 0.317 e. The van der Waals surface area contributed by atoms with Crippen LogP contribution in [0, 0.1) is 5.82 Å². The van der Waals surface area contributed by atoms with E-state index in [1.807, 2.05) is 4.90 Å². The Morgan fingerprint density at radius 1 is 1.00 bits per heavy atom. The van der Waals surface area contributed by atoms with Crippen molar-refractivity contribution in [1.82, 2.24) is 14.9 Å². The fourth-order valence-corrected chi connectivity index (χ4v) is 4.33. The number of rotatable bonds is 5. The fraction of sp³-hybridized carbons (Fsp3) is 0.455. The number of aromatic nitrogens is 2. The fourth-order valence-electron chi connectivity index (χ4n) is 4.33. The average Bonchev–Trinajstić information content (AvgIpc) is 3.30. The summed E-state index contributed by atoms with van der Waals surface area (Å²) >= 11 is 0. The predicted octanol–water partition coefficient (Wildman–Crippen LogP) is 2.32. The van der Waals surface area contributed by atoms with Gasteiger partial charge < -0.3 is 14.5 Å². The number of amides is 1. The number of hydrogen-bond acceptors (Lipinski definition) is 6. The van der Waals surface area contributed by atoms with Crippen molar-refractivity contribution in [3.8, 4) is 0 Å². The van der Waals surface area contributed by atoms with E-state index >= 15 is 0 Å². The lowest BCUT2D eigenvalue weighted by molar-refractivity contribution is -0.157. The number of anilines is 1. The second-order valence-electron chi connectivity index (χ2n) is 7.79. The van der Waals surface area contributed by atoms with Crippen molar-refractivity contribution in [2.24, 2.45) is 0 Å². The third-order valence-electron chi connectivity index (χ3n) is 6.04. The molecule has 1 saturated carbocycles. The highest BCUT2D eigenvalue weighted by Crippen LogP contribution is 2.42. The van der Waals surface area contributed by atoms with Crippen LogP contribution in [0.1, 0.15) is 31.2 Å². The Labute approximate surface area is 174 Å². The van der Waals surface area contributed by atoms with Crippen LogP contribution in [0.5, 0.6) is 0 Å². The average molecular weight is 412 g/mol. The molecule has 0 atom stereocenters. The van der Waals surface area contributed by atoms with Crippen LogP contribution in [0.2, 0.25) is 0 Å². The van der Waals surface area contributed by atoms with E-state index in [-0.39, 0.29) is 18.3 Å². The molecule has 1 aromatic carbocycles. The molecule has 158 valence electrons. The van der Waals surface area contributed by atoms with Crippen LogP contribution in [-0.4, -0.2) is 59.5 Å². The molecule has 1 amide bonds. The molecule has 0 spiro atoms. The van der Waals surface area contributed by atoms with Gasteiger partial charge in [0.1, 0.15) is 5.82 Å². The van der Waals surface area contributed by atoms with Gasteiger partial charge in [-0.25, -0.2) is 14.4 Å². The summed E-state index contributed by atoms with van der Waals surface area (Å²) in [6, 6.07) is 7.79. The summed E-state index contributed by atoms with van der Waals surface area (Å²) in [5.41, 5.74) is -0.0209. The highest BCUT2D eigenvalue weighted by atomic mass is 19.1. The molecule has 30 heavy (non-hydrogen) atoms. The van der Waals surface area contributed by atoms with Crippen LogP contribution < -0.4 is 4.90 Å². The van der Waals surface area contributed by atoms with Crippen LogP contribution in [0.3, 0.4) is 0 Å². The van der Waals surface area contributed by atoms with Gasteiger partial charge in [0.15, 0.2) is 6.61 Å². The first kappa shape index (κ1) is 20.3. The first-order chi connectivity index (χ1) is 14.6. The van der Waals surface area contributed by atoms with Crippen molar-refractivity contribution in [2.75, 3.05) is 37.7 Å². The van der Waals surface area contributed by atoms with Crippen molar-refractivity contribution >= 4 is 17.8 Å². The van der Waals surface area contributed by atoms with E-state index in [0.29, 0.717) is 45.0 Å². The van der Waals surface area contributed by atoms with Crippen molar-refractivity contribution in [3.05, 3.63) is 54.1 Å². The maximum atomic E-state index is 13.3. The van der Waals surface area contributed by atoms with Crippen molar-refractivity contribution < 1.29 is 18.7 Å². The zero-order valence-corrected chi connectivity index (χ0v) is 16.8. The Bertz CT molecular complexity index is 877. The van der Waals surface area contributed by atoms with E-state index in [4.69, 9.17) is 4.74 Å². The SMILES string of the molecule is O=C(COC(=O)C1(c2ccc(F)cc2)CCCC1)N1CCN(c2ncccn2)CC1. The third-order valence-corrected chi connectivity index (χ3v) is 6.04. The minimum absolute atomic E-state index is 0.204. The van der Waals surface area contributed by atoms with Crippen molar-refractivity contribution in [3.63, 3.8) is 0 Å². The van der Waals surface area contributed by atoms with E-state index in [2.05, 4.69) is 9.97 Å². The van der Waals surface area contributed by atoms with E-state index in [1.54, 1.807) is 35.5 Å². The number of piperazine rings is 1. The third kappa shape index (κ3) is 4.13. The van der Waals surface area contributed by atoms with E-state index in [9.17, 15) is 14.0 Å². The number of carbonyl (C=O) groups is 2. The zero-order valence-electron chi connectivity index (χ0n) is 16.8. The van der Waals surface area contributed by atoms with Crippen LogP contribution >= 0.6 is 0 Å². The number of nitrogens with zero attached hydrogens (tertiary/aromatic N) is 4. The number of esters is 1. The van der Waals surface area contributed by atoms with Gasteiger partial charge in [0.25, 0.3) is 5.91 Å². The molecule has 1 saturated heterocycles. The van der Waals surface area contributed by atoms with Crippen LogP contribution in [0.25, 0.3) is 0 Å². The first-order valence-corrected chi connectivity index (χ1v) is 10.3. The molecular weight excluding hydrogens is 387 g/mol. The number of ether oxygens (including phenoxy) is 1. The number of hydrogen-bond donors (Lipinski definition) is 0. The van der Waals surface area contributed by atoms with E-state index in [0.717, 1.165) is 18.4 Å². The van der Waals surface area contributed by atoms with Gasteiger partial charge in [-0.3, -0.25) is 9.59 Å². The molecular formula is C22H25FN4O3. The Kier molecular flexibility index (Phi) is 5.92. The standard InChI is InChI=1S/C22H25FN4O3/c23-18-6-4-17(5-7-18)22(8-1-2-9-22)20(29)30-16-19(28)26-12-14-27(15-13-26)21-24-10-3-11-25-21/h3-7,10-11H,1-2,8-9,12-16H2. The number of halogens is 1. The summed E-state index contributed by atoms with van der Waals surface area (Å²) in [6.07, 6.45) is 6.51. The lowest BCUT2D eigenvalue weighted by Crippen LogP contribution is -2.50. The predicted molar refractivity (Wildman–Crippen MR) is 108 cm³/mol. The minimum Gasteiger partial charge on any atom is -0.455 e. The lowest BCUT2D eigenvalue weighted by atomic mass is 9.79. The smallest absolute Gasteiger partial charge is 0.317 e. The van der Waals surface area contributed by atoms with Crippen LogP contribution in [0.4, 0.5) is 10.3 Å².